The van der Waals surface area contributed by atoms with Gasteiger partial charge < -0.3 is 15.3 Å². The summed E-state index contributed by atoms with van der Waals surface area (Å²) in [6.07, 6.45) is 2.11. The fourth-order valence-electron chi connectivity index (χ4n) is 2.40. The molecule has 0 bridgehead atoms. The van der Waals surface area contributed by atoms with Gasteiger partial charge in [-0.2, -0.15) is 0 Å². The summed E-state index contributed by atoms with van der Waals surface area (Å²) in [5.74, 6) is -0.784. The predicted molar refractivity (Wildman–Crippen MR) is 73.1 cm³/mol. The van der Waals surface area contributed by atoms with E-state index in [1.54, 1.807) is 11.3 Å². The number of aliphatic carboxylic acids is 1. The second-order valence-electron chi connectivity index (χ2n) is 5.16. The van der Waals surface area contributed by atoms with E-state index in [0.717, 1.165) is 32.5 Å². The van der Waals surface area contributed by atoms with Crippen LogP contribution in [-0.2, 0) is 11.2 Å². The van der Waals surface area contributed by atoms with Gasteiger partial charge in [0.15, 0.2) is 0 Å². The van der Waals surface area contributed by atoms with Crippen LogP contribution in [-0.4, -0.2) is 47.7 Å². The summed E-state index contributed by atoms with van der Waals surface area (Å²) in [5, 5.41) is 14.0. The highest BCUT2D eigenvalue weighted by Crippen LogP contribution is 2.21. The van der Waals surface area contributed by atoms with Crippen LogP contribution >= 0.6 is 11.3 Å². The number of carbonyl (C=O) groups is 1. The van der Waals surface area contributed by atoms with Crippen LogP contribution in [0.25, 0.3) is 0 Å². The maximum absolute atomic E-state index is 10.6. The number of hydrogen-bond acceptors (Lipinski definition) is 4. The third-order valence-electron chi connectivity index (χ3n) is 3.47. The first-order valence-corrected chi connectivity index (χ1v) is 7.17. The van der Waals surface area contributed by atoms with Gasteiger partial charge in [0, 0.05) is 30.1 Å². The van der Waals surface area contributed by atoms with Crippen LogP contribution in [0, 0.1) is 0 Å². The molecule has 4 nitrogen and oxygen atoms in total. The Morgan fingerprint density at radius 3 is 3.17 bits per heavy atom. The molecule has 2 heterocycles. The molecule has 1 fully saturated rings. The molecule has 0 saturated carbocycles. The third kappa shape index (κ3) is 3.80. The number of nitrogens with one attached hydrogen (secondary N) is 1. The number of nitrogens with zero attached hydrogens (tertiary/aromatic N) is 1. The lowest BCUT2D eigenvalue weighted by Gasteiger charge is -2.25. The van der Waals surface area contributed by atoms with E-state index in [1.807, 2.05) is 0 Å². The molecule has 2 N–H and O–H groups in total. The quantitative estimate of drug-likeness (QED) is 0.819. The van der Waals surface area contributed by atoms with Crippen LogP contribution in [0.4, 0.5) is 0 Å². The zero-order chi connectivity index (χ0) is 13.0. The van der Waals surface area contributed by atoms with Crippen molar-refractivity contribution in [2.75, 3.05) is 26.2 Å². The van der Waals surface area contributed by atoms with E-state index in [0.29, 0.717) is 0 Å². The molecule has 0 amide bonds. The van der Waals surface area contributed by atoms with Gasteiger partial charge in [-0.1, -0.05) is 6.07 Å². The smallest absolute Gasteiger partial charge is 0.317 e. The minimum absolute atomic E-state index is 0.0478. The predicted octanol–water partition coefficient (Wildman–Crippen LogP) is 1.43. The monoisotopic (exact) mass is 268 g/mol. The van der Waals surface area contributed by atoms with E-state index in [4.69, 9.17) is 5.11 Å². The van der Waals surface area contributed by atoms with Gasteiger partial charge in [-0.15, -0.1) is 11.3 Å². The largest absolute Gasteiger partial charge is 0.480 e. The van der Waals surface area contributed by atoms with Gasteiger partial charge in [0.05, 0.1) is 6.54 Å². The summed E-state index contributed by atoms with van der Waals surface area (Å²) in [6.45, 7) is 5.21. The van der Waals surface area contributed by atoms with Gasteiger partial charge in [-0.25, -0.2) is 0 Å². The molecule has 1 aliphatic heterocycles. The van der Waals surface area contributed by atoms with E-state index >= 15 is 0 Å². The Kier molecular flexibility index (Phi) is 4.37. The Bertz CT molecular complexity index is 394. The zero-order valence-electron chi connectivity index (χ0n) is 10.7. The Morgan fingerprint density at radius 1 is 1.67 bits per heavy atom. The van der Waals surface area contributed by atoms with Crippen molar-refractivity contribution in [3.63, 3.8) is 0 Å². The van der Waals surface area contributed by atoms with E-state index in [2.05, 4.69) is 34.7 Å². The number of likely N-dealkylation sites (tertiary alicyclic amines) is 1. The van der Waals surface area contributed by atoms with Gasteiger partial charge in [0.25, 0.3) is 0 Å². The lowest BCUT2D eigenvalue weighted by molar-refractivity contribution is -0.136. The van der Waals surface area contributed by atoms with Crippen molar-refractivity contribution >= 4 is 17.3 Å². The van der Waals surface area contributed by atoms with Crippen molar-refractivity contribution in [2.45, 2.75) is 25.3 Å². The summed E-state index contributed by atoms with van der Waals surface area (Å²) in [4.78, 5) is 14.4. The van der Waals surface area contributed by atoms with Crippen molar-refractivity contribution < 1.29 is 9.90 Å². The molecule has 1 aromatic rings. The summed E-state index contributed by atoms with van der Waals surface area (Å²) in [7, 11) is 0. The van der Waals surface area contributed by atoms with E-state index in [-0.39, 0.29) is 12.1 Å². The van der Waals surface area contributed by atoms with Crippen LogP contribution in [0.5, 0.6) is 0 Å². The molecule has 1 aromatic heterocycles. The number of thiophene rings is 1. The standard InChI is InChI=1S/C13H20N2O2S/c1-13(14-9-12(16)17)5-7-15(10-13)6-4-11-3-2-8-18-11/h2-3,8,14H,4-7,9-10H2,1H3,(H,16,17)/t13-/m0/s1. The molecule has 5 heteroatoms. The van der Waals surface area contributed by atoms with Gasteiger partial charge >= 0.3 is 5.97 Å². The first-order chi connectivity index (χ1) is 8.57. The second kappa shape index (κ2) is 5.82. The van der Waals surface area contributed by atoms with Crippen molar-refractivity contribution in [1.82, 2.24) is 10.2 Å². The average Bonchev–Trinajstić information content (AvgIpc) is 2.94. The molecular formula is C13H20N2O2S. The number of carboxylic acids is 1. The molecule has 2 rings (SSSR count). The van der Waals surface area contributed by atoms with Crippen LogP contribution in [0.1, 0.15) is 18.2 Å². The van der Waals surface area contributed by atoms with Crippen LogP contribution in [0.3, 0.4) is 0 Å². The Balaban J connectivity index is 1.75. The van der Waals surface area contributed by atoms with Crippen LogP contribution in [0.15, 0.2) is 17.5 Å². The van der Waals surface area contributed by atoms with Crippen LogP contribution < -0.4 is 5.32 Å². The van der Waals surface area contributed by atoms with Crippen LogP contribution in [0.2, 0.25) is 0 Å². The van der Waals surface area contributed by atoms with Crippen molar-refractivity contribution in [3.05, 3.63) is 22.4 Å². The number of hydrogen-bond donors (Lipinski definition) is 2. The minimum Gasteiger partial charge on any atom is -0.480 e. The molecule has 0 spiro atoms. The summed E-state index contributed by atoms with van der Waals surface area (Å²) >= 11 is 1.80. The van der Waals surface area contributed by atoms with E-state index < -0.39 is 5.97 Å². The SMILES string of the molecule is C[C@]1(NCC(=O)O)CCN(CCc2cccs2)C1. The number of carboxylic acid groups (broad SMARTS) is 1. The molecular weight excluding hydrogens is 248 g/mol. The first kappa shape index (κ1) is 13.5. The fourth-order valence-corrected chi connectivity index (χ4v) is 3.10. The molecule has 1 aliphatic rings. The second-order valence-corrected chi connectivity index (χ2v) is 6.20. The minimum atomic E-state index is -0.784. The topological polar surface area (TPSA) is 52.6 Å². The summed E-state index contributed by atoms with van der Waals surface area (Å²) in [6, 6.07) is 4.26. The fraction of sp³-hybridized carbons (Fsp3) is 0.615. The first-order valence-electron chi connectivity index (χ1n) is 6.29. The summed E-state index contributed by atoms with van der Waals surface area (Å²) < 4.78 is 0. The maximum Gasteiger partial charge on any atom is 0.317 e. The highest BCUT2D eigenvalue weighted by atomic mass is 32.1. The van der Waals surface area contributed by atoms with Crippen molar-refractivity contribution in [3.8, 4) is 0 Å². The van der Waals surface area contributed by atoms with Gasteiger partial charge in [-0.05, 0) is 31.2 Å². The molecule has 0 aromatic carbocycles. The van der Waals surface area contributed by atoms with E-state index in [1.165, 1.54) is 4.88 Å². The van der Waals surface area contributed by atoms with E-state index in [9.17, 15) is 4.79 Å². The van der Waals surface area contributed by atoms with Gasteiger partial charge in [0.2, 0.25) is 0 Å². The Morgan fingerprint density at radius 2 is 2.50 bits per heavy atom. The van der Waals surface area contributed by atoms with Crippen molar-refractivity contribution in [2.24, 2.45) is 0 Å². The third-order valence-corrected chi connectivity index (χ3v) is 4.41. The molecule has 0 radical (unpaired) electrons. The summed E-state index contributed by atoms with van der Waals surface area (Å²) in [5.41, 5.74) is -0.0478. The Hall–Kier alpha value is -0.910. The Labute approximate surface area is 112 Å². The van der Waals surface area contributed by atoms with Crippen molar-refractivity contribution in [1.29, 1.82) is 0 Å². The lowest BCUT2D eigenvalue weighted by atomic mass is 10.0. The number of rotatable bonds is 6. The molecule has 0 unspecified atom stereocenters. The normalized spacial score (nSPS) is 24.5. The highest BCUT2D eigenvalue weighted by molar-refractivity contribution is 7.09. The molecule has 100 valence electrons. The molecule has 1 saturated heterocycles. The lowest BCUT2D eigenvalue weighted by Crippen LogP contribution is -2.47. The van der Waals surface area contributed by atoms with Gasteiger partial charge in [0.1, 0.15) is 0 Å². The molecule has 1 atom stereocenters. The molecule has 0 aliphatic carbocycles. The maximum atomic E-state index is 10.6. The zero-order valence-corrected chi connectivity index (χ0v) is 11.5. The molecule has 18 heavy (non-hydrogen) atoms. The average molecular weight is 268 g/mol. The van der Waals surface area contributed by atoms with Gasteiger partial charge in [-0.3, -0.25) is 4.79 Å². The highest BCUT2D eigenvalue weighted by Gasteiger charge is 2.33.